The van der Waals surface area contributed by atoms with E-state index in [1.165, 1.54) is 24.1 Å². The molecule has 122 valence electrons. The zero-order valence-corrected chi connectivity index (χ0v) is 14.0. The fraction of sp³-hybridized carbons (Fsp3) is 0.421. The Morgan fingerprint density at radius 2 is 1.87 bits per heavy atom. The van der Waals surface area contributed by atoms with E-state index in [9.17, 15) is 0 Å². The summed E-state index contributed by atoms with van der Waals surface area (Å²) < 4.78 is 5.13. The molecule has 2 heterocycles. The van der Waals surface area contributed by atoms with E-state index in [0.717, 1.165) is 19.6 Å². The molecule has 0 bridgehead atoms. The molecule has 1 aliphatic heterocycles. The maximum atomic E-state index is 5.13. The van der Waals surface area contributed by atoms with Gasteiger partial charge >= 0.3 is 0 Å². The molecule has 23 heavy (non-hydrogen) atoms. The molecule has 0 unspecified atom stereocenters. The van der Waals surface area contributed by atoms with E-state index in [1.807, 2.05) is 12.3 Å². The maximum absolute atomic E-state index is 5.13. The summed E-state index contributed by atoms with van der Waals surface area (Å²) in [6.45, 7) is 3.19. The van der Waals surface area contributed by atoms with E-state index in [-0.39, 0.29) is 0 Å². The van der Waals surface area contributed by atoms with Crippen molar-refractivity contribution in [1.29, 1.82) is 0 Å². The Labute approximate surface area is 138 Å². The Bertz CT molecular complexity index is 592. The minimum atomic E-state index is 0.651. The van der Waals surface area contributed by atoms with Gasteiger partial charge < -0.3 is 9.64 Å². The molecule has 0 N–H and O–H groups in total. The lowest BCUT2D eigenvalue weighted by Gasteiger charge is -2.37. The number of ether oxygens (including phenoxy) is 1. The highest BCUT2D eigenvalue weighted by Crippen LogP contribution is 2.23. The maximum Gasteiger partial charge on any atom is 0.213 e. The van der Waals surface area contributed by atoms with Crippen molar-refractivity contribution in [3.8, 4) is 5.88 Å². The van der Waals surface area contributed by atoms with Crippen LogP contribution in [0.3, 0.4) is 0 Å². The van der Waals surface area contributed by atoms with Crippen LogP contribution in [-0.4, -0.2) is 43.2 Å². The summed E-state index contributed by atoms with van der Waals surface area (Å²) >= 11 is 0. The zero-order valence-electron chi connectivity index (χ0n) is 14.0. The first-order valence-corrected chi connectivity index (χ1v) is 8.25. The molecule has 1 aromatic carbocycles. The Morgan fingerprint density at radius 1 is 1.13 bits per heavy atom. The number of nitrogens with zero attached hydrogens (tertiary/aromatic N) is 3. The molecule has 0 spiro atoms. The summed E-state index contributed by atoms with van der Waals surface area (Å²) in [6, 6.07) is 15.4. The van der Waals surface area contributed by atoms with Crippen LogP contribution in [-0.2, 0) is 6.54 Å². The van der Waals surface area contributed by atoms with E-state index in [1.54, 1.807) is 7.11 Å². The second-order valence-corrected chi connectivity index (χ2v) is 6.18. The zero-order chi connectivity index (χ0) is 16.1. The summed E-state index contributed by atoms with van der Waals surface area (Å²) in [5.74, 6) is 0.672. The predicted molar refractivity (Wildman–Crippen MR) is 93.9 cm³/mol. The highest BCUT2D eigenvalue weighted by atomic mass is 16.5. The van der Waals surface area contributed by atoms with Crippen molar-refractivity contribution in [3.05, 3.63) is 54.2 Å². The average Bonchev–Trinajstić information content (AvgIpc) is 2.63. The van der Waals surface area contributed by atoms with E-state index in [2.05, 4.69) is 58.2 Å². The van der Waals surface area contributed by atoms with Gasteiger partial charge in [-0.1, -0.05) is 30.3 Å². The molecule has 1 aromatic heterocycles. The van der Waals surface area contributed by atoms with Gasteiger partial charge in [-0.2, -0.15) is 0 Å². The summed E-state index contributed by atoms with van der Waals surface area (Å²) in [5, 5.41) is 0. The van der Waals surface area contributed by atoms with Gasteiger partial charge in [-0.3, -0.25) is 4.90 Å². The van der Waals surface area contributed by atoms with Crippen molar-refractivity contribution in [2.45, 2.75) is 25.4 Å². The highest BCUT2D eigenvalue weighted by Gasteiger charge is 2.22. The van der Waals surface area contributed by atoms with Gasteiger partial charge in [0.2, 0.25) is 5.88 Å². The molecule has 1 fully saturated rings. The molecule has 0 saturated carbocycles. The minimum Gasteiger partial charge on any atom is -0.481 e. The molecular formula is C19H25N3O. The Balaban J connectivity index is 1.53. The van der Waals surface area contributed by atoms with Gasteiger partial charge in [0.05, 0.1) is 19.0 Å². The topological polar surface area (TPSA) is 28.6 Å². The van der Waals surface area contributed by atoms with E-state index in [4.69, 9.17) is 4.74 Å². The molecular weight excluding hydrogens is 286 g/mol. The highest BCUT2D eigenvalue weighted by molar-refractivity contribution is 5.45. The van der Waals surface area contributed by atoms with Crippen molar-refractivity contribution in [1.82, 2.24) is 9.88 Å². The van der Waals surface area contributed by atoms with E-state index >= 15 is 0 Å². The monoisotopic (exact) mass is 311 g/mol. The van der Waals surface area contributed by atoms with Crippen LogP contribution in [0.5, 0.6) is 5.88 Å². The first-order valence-electron chi connectivity index (χ1n) is 8.25. The number of pyridine rings is 1. The number of hydrogen-bond donors (Lipinski definition) is 0. The number of piperidine rings is 1. The number of rotatable bonds is 5. The second-order valence-electron chi connectivity index (χ2n) is 6.18. The van der Waals surface area contributed by atoms with Gasteiger partial charge in [-0.05, 0) is 31.5 Å². The van der Waals surface area contributed by atoms with Crippen LogP contribution in [0.1, 0.15) is 18.4 Å². The molecule has 0 atom stereocenters. The quantitative estimate of drug-likeness (QED) is 0.848. The van der Waals surface area contributed by atoms with Gasteiger partial charge in [-0.25, -0.2) is 4.98 Å². The standard InChI is InChI=1S/C19H25N3O/c1-21(15-16-6-4-3-5-7-16)17-10-12-22(13-11-17)18-8-9-19(23-2)20-14-18/h3-9,14,17H,10-13,15H2,1-2H3. The van der Waals surface area contributed by atoms with Gasteiger partial charge in [0.1, 0.15) is 0 Å². The normalized spacial score (nSPS) is 15.9. The molecule has 2 aromatic rings. The first-order chi connectivity index (χ1) is 11.3. The largest absolute Gasteiger partial charge is 0.481 e. The fourth-order valence-corrected chi connectivity index (χ4v) is 3.25. The summed E-state index contributed by atoms with van der Waals surface area (Å²) in [5.41, 5.74) is 2.58. The lowest BCUT2D eigenvalue weighted by molar-refractivity contribution is 0.200. The third-order valence-corrected chi connectivity index (χ3v) is 4.66. The average molecular weight is 311 g/mol. The minimum absolute atomic E-state index is 0.651. The number of benzene rings is 1. The lowest BCUT2D eigenvalue weighted by Crippen LogP contribution is -2.43. The summed E-state index contributed by atoms with van der Waals surface area (Å²) in [4.78, 5) is 9.21. The van der Waals surface area contributed by atoms with Gasteiger partial charge in [0.15, 0.2) is 0 Å². The van der Waals surface area contributed by atoms with Crippen molar-refractivity contribution >= 4 is 5.69 Å². The van der Waals surface area contributed by atoms with Crippen LogP contribution >= 0.6 is 0 Å². The number of methoxy groups -OCH3 is 1. The van der Waals surface area contributed by atoms with Crippen LogP contribution < -0.4 is 9.64 Å². The van der Waals surface area contributed by atoms with Crippen LogP contribution in [0.2, 0.25) is 0 Å². The van der Waals surface area contributed by atoms with Crippen LogP contribution in [0.15, 0.2) is 48.7 Å². The van der Waals surface area contributed by atoms with E-state index < -0.39 is 0 Å². The Kier molecular flexibility index (Phi) is 5.13. The molecule has 0 radical (unpaired) electrons. The number of aromatic nitrogens is 1. The third-order valence-electron chi connectivity index (χ3n) is 4.66. The lowest BCUT2D eigenvalue weighted by atomic mass is 10.0. The van der Waals surface area contributed by atoms with Crippen molar-refractivity contribution in [2.24, 2.45) is 0 Å². The first kappa shape index (κ1) is 15.8. The molecule has 4 heteroatoms. The number of hydrogen-bond acceptors (Lipinski definition) is 4. The molecule has 0 aliphatic carbocycles. The van der Waals surface area contributed by atoms with Crippen molar-refractivity contribution < 1.29 is 4.74 Å². The predicted octanol–water partition coefficient (Wildman–Crippen LogP) is 3.19. The molecule has 1 saturated heterocycles. The SMILES string of the molecule is COc1ccc(N2CCC(N(C)Cc3ccccc3)CC2)cn1. The molecule has 3 rings (SSSR count). The van der Waals surface area contributed by atoms with Gasteiger partial charge in [0.25, 0.3) is 0 Å². The number of anilines is 1. The molecule has 4 nitrogen and oxygen atoms in total. The van der Waals surface area contributed by atoms with Gasteiger partial charge in [-0.15, -0.1) is 0 Å². The Hall–Kier alpha value is -2.07. The summed E-state index contributed by atoms with van der Waals surface area (Å²) in [6.07, 6.45) is 4.29. The van der Waals surface area contributed by atoms with Crippen LogP contribution in [0.25, 0.3) is 0 Å². The van der Waals surface area contributed by atoms with Crippen molar-refractivity contribution in [2.75, 3.05) is 32.1 Å². The van der Waals surface area contributed by atoms with Gasteiger partial charge in [0, 0.05) is 31.7 Å². The summed E-state index contributed by atoms with van der Waals surface area (Å²) in [7, 11) is 3.89. The second kappa shape index (κ2) is 7.47. The van der Waals surface area contributed by atoms with E-state index in [0.29, 0.717) is 11.9 Å². The molecule has 1 aliphatic rings. The fourth-order valence-electron chi connectivity index (χ4n) is 3.25. The Morgan fingerprint density at radius 3 is 2.48 bits per heavy atom. The van der Waals surface area contributed by atoms with Crippen LogP contribution in [0, 0.1) is 0 Å². The van der Waals surface area contributed by atoms with Crippen LogP contribution in [0.4, 0.5) is 5.69 Å². The smallest absolute Gasteiger partial charge is 0.213 e. The third kappa shape index (κ3) is 4.02. The van der Waals surface area contributed by atoms with Crippen molar-refractivity contribution in [3.63, 3.8) is 0 Å². The molecule has 0 amide bonds.